The minimum atomic E-state index is 0. The van der Waals surface area contributed by atoms with Crippen LogP contribution in [0.5, 0.6) is 0 Å². The number of hydrogen-bond acceptors (Lipinski definition) is 5. The van der Waals surface area contributed by atoms with E-state index in [9.17, 15) is 0 Å². The van der Waals surface area contributed by atoms with Crippen LogP contribution >= 0.6 is 12.4 Å². The van der Waals surface area contributed by atoms with Crippen molar-refractivity contribution in [3.05, 3.63) is 30.2 Å². The Balaban J connectivity index is 0.00000133. The Kier molecular flexibility index (Phi) is 4.29. The monoisotopic (exact) mass is 283 g/mol. The number of nitrogens with two attached hydrogens (primary N) is 1. The van der Waals surface area contributed by atoms with E-state index >= 15 is 0 Å². The van der Waals surface area contributed by atoms with Crippen LogP contribution < -0.4 is 5.73 Å². The molecule has 5 nitrogen and oxygen atoms in total. The zero-order valence-corrected chi connectivity index (χ0v) is 11.6. The Bertz CT molecular complexity index is 512. The summed E-state index contributed by atoms with van der Waals surface area (Å²) in [7, 11) is 0. The summed E-state index contributed by atoms with van der Waals surface area (Å²) in [5, 5.41) is 4.08. The molecule has 0 spiro atoms. The van der Waals surface area contributed by atoms with E-state index in [1.54, 1.807) is 6.26 Å². The van der Waals surface area contributed by atoms with Crippen molar-refractivity contribution in [1.29, 1.82) is 0 Å². The number of likely N-dealkylation sites (tertiary alicyclic amines) is 1. The molecule has 0 saturated carbocycles. The largest absolute Gasteiger partial charge is 0.461 e. The lowest BCUT2D eigenvalue weighted by Gasteiger charge is -2.21. The molecule has 0 bridgehead atoms. The van der Waals surface area contributed by atoms with Crippen LogP contribution in [0.3, 0.4) is 0 Å². The number of furan rings is 1. The van der Waals surface area contributed by atoms with Crippen LogP contribution in [-0.2, 0) is 6.54 Å². The lowest BCUT2D eigenvalue weighted by Crippen LogP contribution is -2.36. The van der Waals surface area contributed by atoms with Gasteiger partial charge in [-0.1, -0.05) is 5.16 Å². The minimum Gasteiger partial charge on any atom is -0.461 e. The Morgan fingerprint density at radius 2 is 2.32 bits per heavy atom. The van der Waals surface area contributed by atoms with Gasteiger partial charge in [-0.05, 0) is 25.5 Å². The quantitative estimate of drug-likeness (QED) is 0.936. The molecule has 3 rings (SSSR count). The molecular formula is C13H18ClN3O2. The Morgan fingerprint density at radius 3 is 2.95 bits per heavy atom. The Morgan fingerprint density at radius 1 is 1.47 bits per heavy atom. The molecule has 2 atom stereocenters. The van der Waals surface area contributed by atoms with E-state index in [0.717, 1.165) is 25.2 Å². The van der Waals surface area contributed by atoms with Crippen LogP contribution in [0.4, 0.5) is 0 Å². The highest BCUT2D eigenvalue weighted by atomic mass is 35.5. The summed E-state index contributed by atoms with van der Waals surface area (Å²) in [6, 6.07) is 6.28. The minimum absolute atomic E-state index is 0. The second-order valence-electron chi connectivity index (χ2n) is 4.82. The van der Waals surface area contributed by atoms with Gasteiger partial charge in [0.1, 0.15) is 0 Å². The zero-order chi connectivity index (χ0) is 12.5. The molecule has 104 valence electrons. The first-order valence-electron chi connectivity index (χ1n) is 6.23. The third-order valence-corrected chi connectivity index (χ3v) is 3.63. The van der Waals surface area contributed by atoms with Crippen molar-refractivity contribution < 1.29 is 8.94 Å². The summed E-state index contributed by atoms with van der Waals surface area (Å²) in [6.45, 7) is 3.95. The van der Waals surface area contributed by atoms with Gasteiger partial charge in [-0.3, -0.25) is 4.90 Å². The van der Waals surface area contributed by atoms with E-state index in [-0.39, 0.29) is 18.4 Å². The van der Waals surface area contributed by atoms with Crippen LogP contribution in [0, 0.1) is 0 Å². The first-order valence-corrected chi connectivity index (χ1v) is 6.23. The van der Waals surface area contributed by atoms with Crippen molar-refractivity contribution in [2.24, 2.45) is 5.73 Å². The third-order valence-electron chi connectivity index (χ3n) is 3.63. The van der Waals surface area contributed by atoms with Gasteiger partial charge in [-0.25, -0.2) is 0 Å². The first kappa shape index (κ1) is 14.1. The molecule has 2 aromatic heterocycles. The van der Waals surface area contributed by atoms with Crippen LogP contribution in [-0.4, -0.2) is 28.7 Å². The molecule has 0 aliphatic carbocycles. The molecule has 1 fully saturated rings. The summed E-state index contributed by atoms with van der Waals surface area (Å²) in [6.07, 6.45) is 2.67. The van der Waals surface area contributed by atoms with Crippen LogP contribution in [0.25, 0.3) is 11.5 Å². The van der Waals surface area contributed by atoms with E-state index in [2.05, 4.69) is 17.0 Å². The summed E-state index contributed by atoms with van der Waals surface area (Å²) in [4.78, 5) is 2.33. The molecule has 0 amide bonds. The van der Waals surface area contributed by atoms with Crippen molar-refractivity contribution in [1.82, 2.24) is 10.1 Å². The van der Waals surface area contributed by atoms with Gasteiger partial charge in [0, 0.05) is 31.2 Å². The van der Waals surface area contributed by atoms with Gasteiger partial charge in [0.2, 0.25) is 5.76 Å². The molecule has 6 heteroatoms. The summed E-state index contributed by atoms with van der Waals surface area (Å²) in [5.74, 6) is 1.38. The van der Waals surface area contributed by atoms with E-state index in [4.69, 9.17) is 14.7 Å². The molecule has 1 aliphatic heterocycles. The molecule has 0 radical (unpaired) electrons. The number of nitrogens with zero attached hydrogens (tertiary/aromatic N) is 2. The first-order chi connectivity index (χ1) is 8.74. The number of halogens is 1. The Hall–Kier alpha value is -1.30. The molecule has 19 heavy (non-hydrogen) atoms. The molecule has 1 aliphatic rings. The molecule has 2 unspecified atom stereocenters. The SMILES string of the molecule is CC1C(N)CCN1Cc1cc(-c2ccco2)on1.Cl. The standard InChI is InChI=1S/C13H17N3O2.ClH/c1-9-11(14)4-5-16(9)8-10-7-13(18-15-10)12-3-2-6-17-12;/h2-3,6-7,9,11H,4-5,8,14H2,1H3;1H. The third kappa shape index (κ3) is 2.83. The van der Waals surface area contributed by atoms with Gasteiger partial charge in [0.05, 0.1) is 12.0 Å². The fourth-order valence-corrected chi connectivity index (χ4v) is 2.38. The van der Waals surface area contributed by atoms with E-state index in [0.29, 0.717) is 17.6 Å². The number of aromatic nitrogens is 1. The average Bonchev–Trinajstić information content (AvgIpc) is 3.06. The predicted molar refractivity (Wildman–Crippen MR) is 73.9 cm³/mol. The van der Waals surface area contributed by atoms with Gasteiger partial charge in [0.15, 0.2) is 5.76 Å². The average molecular weight is 284 g/mol. The summed E-state index contributed by atoms with van der Waals surface area (Å²) < 4.78 is 10.6. The molecular weight excluding hydrogens is 266 g/mol. The lowest BCUT2D eigenvalue weighted by molar-refractivity contribution is 0.243. The summed E-state index contributed by atoms with van der Waals surface area (Å²) >= 11 is 0. The van der Waals surface area contributed by atoms with Crippen LogP contribution in [0.15, 0.2) is 33.4 Å². The van der Waals surface area contributed by atoms with E-state index in [1.807, 2.05) is 18.2 Å². The maximum atomic E-state index is 6.00. The van der Waals surface area contributed by atoms with Crippen LogP contribution in [0.2, 0.25) is 0 Å². The van der Waals surface area contributed by atoms with Crippen molar-refractivity contribution >= 4 is 12.4 Å². The molecule has 0 aromatic carbocycles. The maximum Gasteiger partial charge on any atom is 0.202 e. The molecule has 1 saturated heterocycles. The van der Waals surface area contributed by atoms with Gasteiger partial charge in [0.25, 0.3) is 0 Å². The number of hydrogen-bond donors (Lipinski definition) is 1. The van der Waals surface area contributed by atoms with E-state index < -0.39 is 0 Å². The van der Waals surface area contributed by atoms with Gasteiger partial charge in [-0.2, -0.15) is 0 Å². The smallest absolute Gasteiger partial charge is 0.202 e. The van der Waals surface area contributed by atoms with Crippen molar-refractivity contribution in [2.75, 3.05) is 6.54 Å². The molecule has 3 heterocycles. The maximum absolute atomic E-state index is 6.00. The van der Waals surface area contributed by atoms with Crippen LogP contribution in [0.1, 0.15) is 19.0 Å². The van der Waals surface area contributed by atoms with Crippen molar-refractivity contribution in [3.8, 4) is 11.5 Å². The van der Waals surface area contributed by atoms with E-state index in [1.165, 1.54) is 0 Å². The second kappa shape index (κ2) is 5.77. The highest BCUT2D eigenvalue weighted by Gasteiger charge is 2.28. The fraction of sp³-hybridized carbons (Fsp3) is 0.462. The zero-order valence-electron chi connectivity index (χ0n) is 10.8. The van der Waals surface area contributed by atoms with Crippen molar-refractivity contribution in [3.63, 3.8) is 0 Å². The second-order valence-corrected chi connectivity index (χ2v) is 4.82. The highest BCUT2D eigenvalue weighted by molar-refractivity contribution is 5.85. The van der Waals surface area contributed by atoms with Gasteiger partial charge in [-0.15, -0.1) is 12.4 Å². The highest BCUT2D eigenvalue weighted by Crippen LogP contribution is 2.23. The van der Waals surface area contributed by atoms with Gasteiger partial charge >= 0.3 is 0 Å². The summed E-state index contributed by atoms with van der Waals surface area (Å²) in [5.41, 5.74) is 6.92. The Labute approximate surface area is 118 Å². The fourth-order valence-electron chi connectivity index (χ4n) is 2.38. The predicted octanol–water partition coefficient (Wildman–Crippen LogP) is 2.28. The number of rotatable bonds is 3. The normalized spacial score (nSPS) is 23.5. The molecule has 2 aromatic rings. The lowest BCUT2D eigenvalue weighted by atomic mass is 10.2. The topological polar surface area (TPSA) is 68.4 Å². The van der Waals surface area contributed by atoms with Gasteiger partial charge < -0.3 is 14.7 Å². The van der Waals surface area contributed by atoms with Crippen molar-refractivity contribution in [2.45, 2.75) is 32.0 Å². The molecule has 2 N–H and O–H groups in total.